The number of ether oxygens (including phenoxy) is 1. The smallest absolute Gasteiger partial charge is 0.336 e. The van der Waals surface area contributed by atoms with E-state index in [2.05, 4.69) is 5.32 Å². The molecule has 1 aromatic heterocycles. The zero-order chi connectivity index (χ0) is 25.1. The van der Waals surface area contributed by atoms with Crippen LogP contribution in [-0.4, -0.2) is 35.6 Å². The first-order valence-electron chi connectivity index (χ1n) is 11.5. The molecule has 0 fully saturated rings. The van der Waals surface area contributed by atoms with Crippen LogP contribution in [0, 0.1) is 5.41 Å². The van der Waals surface area contributed by atoms with Gasteiger partial charge in [0.05, 0.1) is 36.3 Å². The molecule has 2 aromatic rings. The molecule has 1 atom stereocenters. The molecule has 180 valence electrons. The second-order valence-corrected chi connectivity index (χ2v) is 9.97. The molecule has 2 aliphatic heterocycles. The van der Waals surface area contributed by atoms with Crippen LogP contribution in [0.2, 0.25) is 0 Å². The number of ketones is 1. The summed E-state index contributed by atoms with van der Waals surface area (Å²) in [5, 5.41) is 3.25. The number of benzene rings is 1. The Hall–Kier alpha value is -3.94. The number of nitrogens with one attached hydrogen (secondary N) is 1. The van der Waals surface area contributed by atoms with Crippen molar-refractivity contribution in [2.45, 2.75) is 46.1 Å². The fourth-order valence-electron chi connectivity index (χ4n) is 5.27. The first-order chi connectivity index (χ1) is 16.6. The molecule has 0 bridgehead atoms. The van der Waals surface area contributed by atoms with Gasteiger partial charge in [0.25, 0.3) is 11.8 Å². The number of carbonyl (C=O) groups is 4. The Bertz CT molecular complexity index is 1320. The molecule has 2 amide bonds. The van der Waals surface area contributed by atoms with Gasteiger partial charge >= 0.3 is 5.97 Å². The van der Waals surface area contributed by atoms with Gasteiger partial charge in [-0.1, -0.05) is 26.0 Å². The number of amides is 2. The van der Waals surface area contributed by atoms with E-state index in [1.54, 1.807) is 43.3 Å². The summed E-state index contributed by atoms with van der Waals surface area (Å²) in [7, 11) is 1.30. The Kier molecular flexibility index (Phi) is 5.27. The second kappa shape index (κ2) is 8.08. The average Bonchev–Trinajstić information content (AvgIpc) is 3.36. The van der Waals surface area contributed by atoms with Crippen LogP contribution < -0.4 is 5.32 Å². The van der Waals surface area contributed by atoms with Crippen molar-refractivity contribution in [3.05, 3.63) is 81.6 Å². The Morgan fingerprint density at radius 3 is 2.37 bits per heavy atom. The Labute approximate surface area is 202 Å². The van der Waals surface area contributed by atoms with Crippen LogP contribution in [0.25, 0.3) is 0 Å². The summed E-state index contributed by atoms with van der Waals surface area (Å²) in [6, 6.07) is 10.0. The molecule has 35 heavy (non-hydrogen) atoms. The fourth-order valence-corrected chi connectivity index (χ4v) is 5.27. The van der Waals surface area contributed by atoms with Crippen LogP contribution in [0.1, 0.15) is 71.8 Å². The standard InChI is InChI=1S/C27H26N2O6/c1-14-21(26(33)34-4)23(22-18(28-14)11-27(2,3)12-19(22)30)20-10-9-15(35-20)13-29-24(31)16-7-5-6-8-17(16)25(29)32/h5-10,23,28H,11-13H2,1-4H3. The lowest BCUT2D eigenvalue weighted by Gasteiger charge is -2.38. The number of nitrogens with zero attached hydrogens (tertiary/aromatic N) is 1. The zero-order valence-corrected chi connectivity index (χ0v) is 20.1. The first-order valence-corrected chi connectivity index (χ1v) is 11.5. The van der Waals surface area contributed by atoms with E-state index in [1.807, 2.05) is 13.8 Å². The molecule has 3 heterocycles. The lowest BCUT2D eigenvalue weighted by atomic mass is 9.69. The maximum Gasteiger partial charge on any atom is 0.336 e. The predicted molar refractivity (Wildman–Crippen MR) is 125 cm³/mol. The van der Waals surface area contributed by atoms with E-state index in [9.17, 15) is 19.2 Å². The van der Waals surface area contributed by atoms with Gasteiger partial charge in [0.2, 0.25) is 0 Å². The lowest BCUT2D eigenvalue weighted by molar-refractivity contribution is -0.136. The van der Waals surface area contributed by atoms with Gasteiger partial charge in [0, 0.05) is 23.4 Å². The number of esters is 1. The van der Waals surface area contributed by atoms with Crippen LogP contribution in [0.5, 0.6) is 0 Å². The van der Waals surface area contributed by atoms with Crippen molar-refractivity contribution in [1.29, 1.82) is 0 Å². The minimum absolute atomic E-state index is 0.0547. The topological polar surface area (TPSA) is 106 Å². The summed E-state index contributed by atoms with van der Waals surface area (Å²) >= 11 is 0. The summed E-state index contributed by atoms with van der Waals surface area (Å²) in [6.45, 7) is 5.79. The van der Waals surface area contributed by atoms with E-state index in [-0.39, 0.29) is 29.6 Å². The van der Waals surface area contributed by atoms with E-state index in [4.69, 9.17) is 9.15 Å². The number of furan rings is 1. The van der Waals surface area contributed by atoms with Crippen molar-refractivity contribution in [3.63, 3.8) is 0 Å². The second-order valence-electron chi connectivity index (χ2n) is 9.97. The average molecular weight is 475 g/mol. The maximum atomic E-state index is 13.3. The molecule has 0 saturated heterocycles. The van der Waals surface area contributed by atoms with Crippen LogP contribution in [-0.2, 0) is 20.9 Å². The van der Waals surface area contributed by atoms with Crippen molar-refractivity contribution < 1.29 is 28.3 Å². The molecule has 0 spiro atoms. The van der Waals surface area contributed by atoms with Gasteiger partial charge in [-0.25, -0.2) is 4.79 Å². The summed E-state index contributed by atoms with van der Waals surface area (Å²) in [6.07, 6.45) is 0.999. The molecule has 0 saturated carbocycles. The summed E-state index contributed by atoms with van der Waals surface area (Å²) in [4.78, 5) is 52.7. The molecule has 1 aromatic carbocycles. The highest BCUT2D eigenvalue weighted by Crippen LogP contribution is 2.47. The van der Waals surface area contributed by atoms with Gasteiger partial charge < -0.3 is 14.5 Å². The first kappa shape index (κ1) is 22.8. The van der Waals surface area contributed by atoms with E-state index >= 15 is 0 Å². The van der Waals surface area contributed by atoms with Gasteiger partial charge in [-0.05, 0) is 43.0 Å². The number of dihydropyridines is 1. The van der Waals surface area contributed by atoms with Gasteiger partial charge in [-0.15, -0.1) is 0 Å². The monoisotopic (exact) mass is 474 g/mol. The third kappa shape index (κ3) is 3.69. The van der Waals surface area contributed by atoms with Crippen LogP contribution in [0.4, 0.5) is 0 Å². The number of hydrogen-bond acceptors (Lipinski definition) is 7. The van der Waals surface area contributed by atoms with Gasteiger partial charge in [0.15, 0.2) is 5.78 Å². The van der Waals surface area contributed by atoms with E-state index in [0.29, 0.717) is 52.3 Å². The number of imide groups is 1. The number of Topliss-reactive ketones (excluding diaryl/α,β-unsaturated/α-hetero) is 1. The predicted octanol–water partition coefficient (Wildman–Crippen LogP) is 3.85. The summed E-state index contributed by atoms with van der Waals surface area (Å²) in [5.41, 5.74) is 2.69. The minimum Gasteiger partial charge on any atom is -0.466 e. The molecule has 8 heteroatoms. The molecule has 1 aliphatic carbocycles. The van der Waals surface area contributed by atoms with Crippen molar-refractivity contribution >= 4 is 23.6 Å². The number of carbonyl (C=O) groups excluding carboxylic acids is 4. The molecule has 8 nitrogen and oxygen atoms in total. The van der Waals surface area contributed by atoms with Crippen molar-refractivity contribution in [2.24, 2.45) is 5.41 Å². The molecule has 5 rings (SSSR count). The fraction of sp³-hybridized carbons (Fsp3) is 0.333. The third-order valence-corrected chi connectivity index (χ3v) is 6.80. The van der Waals surface area contributed by atoms with Crippen molar-refractivity contribution in [1.82, 2.24) is 10.2 Å². The zero-order valence-electron chi connectivity index (χ0n) is 20.1. The molecular weight excluding hydrogens is 448 g/mol. The SMILES string of the molecule is COC(=O)C1=C(C)NC2=C(C(=O)CC(C)(C)C2)C1c1ccc(CN2C(=O)c3ccccc3C2=O)o1. The number of allylic oxidation sites excluding steroid dienone is 3. The summed E-state index contributed by atoms with van der Waals surface area (Å²) in [5.74, 6) is -1.35. The van der Waals surface area contributed by atoms with E-state index < -0.39 is 11.9 Å². The molecule has 1 unspecified atom stereocenters. The third-order valence-electron chi connectivity index (χ3n) is 6.80. The number of rotatable bonds is 4. The Morgan fingerprint density at radius 2 is 1.74 bits per heavy atom. The van der Waals surface area contributed by atoms with Gasteiger partial charge in [0.1, 0.15) is 11.5 Å². The van der Waals surface area contributed by atoms with Crippen molar-refractivity contribution in [3.8, 4) is 0 Å². The van der Waals surface area contributed by atoms with Crippen LogP contribution >= 0.6 is 0 Å². The molecule has 0 radical (unpaired) electrons. The van der Waals surface area contributed by atoms with E-state index in [1.165, 1.54) is 7.11 Å². The number of fused-ring (bicyclic) bond motifs is 1. The largest absolute Gasteiger partial charge is 0.466 e. The highest BCUT2D eigenvalue weighted by Gasteiger charge is 2.44. The normalized spacial score (nSPS) is 21.2. The highest BCUT2D eigenvalue weighted by atomic mass is 16.5. The van der Waals surface area contributed by atoms with Crippen LogP contribution in [0.15, 0.2) is 63.4 Å². The van der Waals surface area contributed by atoms with E-state index in [0.717, 1.165) is 10.6 Å². The number of hydrogen-bond donors (Lipinski definition) is 1. The molecule has 3 aliphatic rings. The Morgan fingerprint density at radius 1 is 1.09 bits per heavy atom. The maximum absolute atomic E-state index is 13.3. The molecular formula is C27H26N2O6. The van der Waals surface area contributed by atoms with Crippen LogP contribution in [0.3, 0.4) is 0 Å². The van der Waals surface area contributed by atoms with Gasteiger partial charge in [-0.3, -0.25) is 19.3 Å². The highest BCUT2D eigenvalue weighted by molar-refractivity contribution is 6.21. The quantitative estimate of drug-likeness (QED) is 0.530. The lowest BCUT2D eigenvalue weighted by Crippen LogP contribution is -2.38. The molecule has 1 N–H and O–H groups in total. The minimum atomic E-state index is -0.738. The Balaban J connectivity index is 1.51. The van der Waals surface area contributed by atoms with Crippen molar-refractivity contribution in [2.75, 3.05) is 7.11 Å². The summed E-state index contributed by atoms with van der Waals surface area (Å²) < 4.78 is 11.1. The number of methoxy groups -OCH3 is 1. The van der Waals surface area contributed by atoms with Gasteiger partial charge in [-0.2, -0.15) is 0 Å².